The van der Waals surface area contributed by atoms with Gasteiger partial charge in [0.15, 0.2) is 0 Å². The van der Waals surface area contributed by atoms with Crippen LogP contribution in [-0.4, -0.2) is 28.2 Å². The van der Waals surface area contributed by atoms with Gasteiger partial charge in [-0.25, -0.2) is 9.97 Å². The summed E-state index contributed by atoms with van der Waals surface area (Å²) in [6.07, 6.45) is 4.76. The maximum absolute atomic E-state index is 9.08. The van der Waals surface area contributed by atoms with E-state index in [1.165, 1.54) is 12.8 Å². The molecule has 1 aromatic carbocycles. The average molecular weight is 258 g/mol. The average Bonchev–Trinajstić information content (AvgIpc) is 3.17. The lowest BCUT2D eigenvalue weighted by Crippen LogP contribution is -2.17. The van der Waals surface area contributed by atoms with Crippen molar-refractivity contribution in [2.24, 2.45) is 5.41 Å². The number of nitrogens with one attached hydrogen (secondary N) is 1. The van der Waals surface area contributed by atoms with Gasteiger partial charge in [0.1, 0.15) is 12.1 Å². The van der Waals surface area contributed by atoms with E-state index < -0.39 is 0 Å². The molecule has 4 N–H and O–H groups in total. The van der Waals surface area contributed by atoms with Crippen LogP contribution in [0.3, 0.4) is 0 Å². The van der Waals surface area contributed by atoms with Crippen LogP contribution < -0.4 is 11.1 Å². The van der Waals surface area contributed by atoms with Crippen LogP contribution in [0.1, 0.15) is 19.3 Å². The van der Waals surface area contributed by atoms with Crippen molar-refractivity contribution >= 4 is 22.4 Å². The molecule has 0 amide bonds. The predicted octanol–water partition coefficient (Wildman–Crippen LogP) is 1.79. The number of aliphatic hydroxyl groups is 1. The Morgan fingerprint density at radius 1 is 1.32 bits per heavy atom. The van der Waals surface area contributed by atoms with Crippen LogP contribution in [0.4, 0.5) is 11.5 Å². The lowest BCUT2D eigenvalue weighted by Gasteiger charge is -2.15. The number of nitrogen functional groups attached to an aromatic ring is 1. The summed E-state index contributed by atoms with van der Waals surface area (Å²) in [5.41, 5.74) is 7.67. The monoisotopic (exact) mass is 258 g/mol. The topological polar surface area (TPSA) is 84.1 Å². The molecule has 1 heterocycles. The number of anilines is 2. The number of nitrogens with two attached hydrogens (primary N) is 1. The molecule has 3 rings (SSSR count). The predicted molar refractivity (Wildman–Crippen MR) is 75.8 cm³/mol. The molecule has 0 spiro atoms. The molecular formula is C14H18N4O. The fourth-order valence-corrected chi connectivity index (χ4v) is 2.42. The Morgan fingerprint density at radius 3 is 2.89 bits per heavy atom. The summed E-state index contributed by atoms with van der Waals surface area (Å²) in [6.45, 7) is 1.09. The third-order valence-corrected chi connectivity index (χ3v) is 3.89. The Hall–Kier alpha value is -1.88. The van der Waals surface area contributed by atoms with E-state index in [1.54, 1.807) is 6.33 Å². The van der Waals surface area contributed by atoms with E-state index in [-0.39, 0.29) is 12.0 Å². The number of nitrogens with zero attached hydrogens (tertiary/aromatic N) is 2. The van der Waals surface area contributed by atoms with Crippen LogP contribution in [0.5, 0.6) is 0 Å². The lowest BCUT2D eigenvalue weighted by atomic mass is 10.0. The van der Waals surface area contributed by atoms with Gasteiger partial charge in [0.25, 0.3) is 0 Å². The minimum Gasteiger partial charge on any atom is -0.399 e. The first-order valence-electron chi connectivity index (χ1n) is 6.57. The Bertz CT molecular complexity index is 595. The molecule has 5 heteroatoms. The molecular weight excluding hydrogens is 240 g/mol. The molecule has 1 fully saturated rings. The number of aromatic nitrogens is 2. The number of hydrogen-bond acceptors (Lipinski definition) is 5. The quantitative estimate of drug-likeness (QED) is 0.712. The van der Waals surface area contributed by atoms with Gasteiger partial charge in [0.2, 0.25) is 0 Å². The number of hydrogen-bond donors (Lipinski definition) is 3. The molecule has 1 aliphatic rings. The standard InChI is InChI=1S/C14H18N4O/c15-10-1-2-12-11(7-10)13(18-9-17-12)16-8-14(3-4-14)5-6-19/h1-2,7,9,19H,3-6,8,15H2,(H,16,17,18). The van der Waals surface area contributed by atoms with Crippen LogP contribution in [0.25, 0.3) is 10.9 Å². The van der Waals surface area contributed by atoms with Crippen LogP contribution in [0, 0.1) is 5.41 Å². The second-order valence-corrected chi connectivity index (χ2v) is 5.33. The van der Waals surface area contributed by atoms with Gasteiger partial charge < -0.3 is 16.2 Å². The zero-order valence-electron chi connectivity index (χ0n) is 10.8. The van der Waals surface area contributed by atoms with Crippen LogP contribution in [0.15, 0.2) is 24.5 Å². The molecule has 1 aliphatic carbocycles. The first kappa shape index (κ1) is 12.2. The van der Waals surface area contributed by atoms with E-state index in [0.29, 0.717) is 5.69 Å². The Kier molecular flexibility index (Phi) is 2.98. The summed E-state index contributed by atoms with van der Waals surface area (Å²) in [4.78, 5) is 8.53. The van der Waals surface area contributed by atoms with E-state index in [1.807, 2.05) is 18.2 Å². The van der Waals surface area contributed by atoms with Gasteiger partial charge in [0.05, 0.1) is 5.52 Å². The zero-order valence-corrected chi connectivity index (χ0v) is 10.8. The van der Waals surface area contributed by atoms with E-state index in [0.717, 1.165) is 29.7 Å². The maximum Gasteiger partial charge on any atom is 0.137 e. The second-order valence-electron chi connectivity index (χ2n) is 5.33. The van der Waals surface area contributed by atoms with Crippen molar-refractivity contribution in [3.8, 4) is 0 Å². The van der Waals surface area contributed by atoms with Gasteiger partial charge in [-0.1, -0.05) is 0 Å². The maximum atomic E-state index is 9.08. The summed E-state index contributed by atoms with van der Waals surface area (Å²) in [5, 5.41) is 13.4. The minimum atomic E-state index is 0.249. The number of fused-ring (bicyclic) bond motifs is 1. The van der Waals surface area contributed by atoms with Gasteiger partial charge in [-0.05, 0) is 42.9 Å². The van der Waals surface area contributed by atoms with Crippen molar-refractivity contribution in [2.45, 2.75) is 19.3 Å². The van der Waals surface area contributed by atoms with Crippen molar-refractivity contribution < 1.29 is 5.11 Å². The summed E-state index contributed by atoms with van der Waals surface area (Å²) in [7, 11) is 0. The molecule has 0 saturated heterocycles. The summed E-state index contributed by atoms with van der Waals surface area (Å²) >= 11 is 0. The van der Waals surface area contributed by atoms with Crippen LogP contribution >= 0.6 is 0 Å². The Labute approximate surface area is 111 Å². The normalized spacial score (nSPS) is 16.5. The molecule has 0 bridgehead atoms. The largest absolute Gasteiger partial charge is 0.399 e. The highest BCUT2D eigenvalue weighted by molar-refractivity contribution is 5.91. The van der Waals surface area contributed by atoms with Crippen molar-refractivity contribution in [3.05, 3.63) is 24.5 Å². The van der Waals surface area contributed by atoms with Crippen molar-refractivity contribution in [2.75, 3.05) is 24.2 Å². The van der Waals surface area contributed by atoms with Crippen molar-refractivity contribution in [1.29, 1.82) is 0 Å². The molecule has 2 aromatic rings. The van der Waals surface area contributed by atoms with E-state index >= 15 is 0 Å². The fraction of sp³-hybridized carbons (Fsp3) is 0.429. The van der Waals surface area contributed by atoms with Gasteiger partial charge in [-0.3, -0.25) is 0 Å². The number of aliphatic hydroxyl groups excluding tert-OH is 1. The molecule has 0 aliphatic heterocycles. The Morgan fingerprint density at radius 2 is 2.16 bits per heavy atom. The van der Waals surface area contributed by atoms with E-state index in [4.69, 9.17) is 10.8 Å². The van der Waals surface area contributed by atoms with Crippen molar-refractivity contribution in [1.82, 2.24) is 9.97 Å². The third-order valence-electron chi connectivity index (χ3n) is 3.89. The SMILES string of the molecule is Nc1ccc2ncnc(NCC3(CCO)CC3)c2c1. The lowest BCUT2D eigenvalue weighted by molar-refractivity contribution is 0.253. The first-order valence-corrected chi connectivity index (χ1v) is 6.57. The highest BCUT2D eigenvalue weighted by atomic mass is 16.3. The highest BCUT2D eigenvalue weighted by Crippen LogP contribution is 2.48. The van der Waals surface area contributed by atoms with Crippen LogP contribution in [-0.2, 0) is 0 Å². The van der Waals surface area contributed by atoms with Crippen LogP contribution in [0.2, 0.25) is 0 Å². The summed E-state index contributed by atoms with van der Waals surface area (Å²) in [6, 6.07) is 5.63. The van der Waals surface area contributed by atoms with Gasteiger partial charge >= 0.3 is 0 Å². The molecule has 0 atom stereocenters. The highest BCUT2D eigenvalue weighted by Gasteiger charge is 2.41. The smallest absolute Gasteiger partial charge is 0.137 e. The van der Waals surface area contributed by atoms with Gasteiger partial charge in [-0.2, -0.15) is 0 Å². The fourth-order valence-electron chi connectivity index (χ4n) is 2.42. The molecule has 1 saturated carbocycles. The van der Waals surface area contributed by atoms with Gasteiger partial charge in [0, 0.05) is 24.2 Å². The first-order chi connectivity index (χ1) is 9.22. The molecule has 5 nitrogen and oxygen atoms in total. The zero-order chi connectivity index (χ0) is 13.3. The van der Waals surface area contributed by atoms with E-state index in [9.17, 15) is 0 Å². The Balaban J connectivity index is 1.83. The van der Waals surface area contributed by atoms with Crippen molar-refractivity contribution in [3.63, 3.8) is 0 Å². The molecule has 100 valence electrons. The molecule has 0 unspecified atom stereocenters. The minimum absolute atomic E-state index is 0.249. The summed E-state index contributed by atoms with van der Waals surface area (Å²) < 4.78 is 0. The van der Waals surface area contributed by atoms with Gasteiger partial charge in [-0.15, -0.1) is 0 Å². The number of rotatable bonds is 5. The molecule has 1 aromatic heterocycles. The number of benzene rings is 1. The second kappa shape index (κ2) is 4.66. The summed E-state index contributed by atoms with van der Waals surface area (Å²) in [5.74, 6) is 0.821. The van der Waals surface area contributed by atoms with E-state index in [2.05, 4.69) is 15.3 Å². The molecule has 0 radical (unpaired) electrons. The molecule has 19 heavy (non-hydrogen) atoms. The third kappa shape index (κ3) is 2.46.